The number of carbonyl (C=O) groups is 2. The van der Waals surface area contributed by atoms with Crippen LogP contribution >= 0.6 is 0 Å². The minimum absolute atomic E-state index is 0.131. The quantitative estimate of drug-likeness (QED) is 0.800. The maximum Gasteiger partial charge on any atom is 0.270 e. The summed E-state index contributed by atoms with van der Waals surface area (Å²) < 4.78 is 0. The summed E-state index contributed by atoms with van der Waals surface area (Å²) in [6.07, 6.45) is 5.74. The van der Waals surface area contributed by atoms with Gasteiger partial charge in [0.25, 0.3) is 11.8 Å². The number of nitrogens with zero attached hydrogens (tertiary/aromatic N) is 2. The van der Waals surface area contributed by atoms with Crippen LogP contribution in [0.2, 0.25) is 0 Å². The minimum atomic E-state index is -0.308. The molecule has 2 atom stereocenters. The third kappa shape index (κ3) is 3.69. The fourth-order valence-electron chi connectivity index (χ4n) is 6.57. The second-order valence-corrected chi connectivity index (χ2v) is 9.79. The highest BCUT2D eigenvalue weighted by atomic mass is 16.2. The average molecular weight is 415 g/mol. The standard InChI is InChI=1S/C25H26N4O2/c1-16-4-2-7-21(27-16)23(31)29-25-12-18-8-19(13-25)11-24(10-18,15-25)28-22(30)20-6-3-5-17(9-20)14-26/h2-7,9,18-19H,8,10-13,15H2,1H3,(H,28,30)(H,29,31). The van der Waals surface area contributed by atoms with Gasteiger partial charge < -0.3 is 10.6 Å². The minimum Gasteiger partial charge on any atom is -0.346 e. The van der Waals surface area contributed by atoms with Crippen LogP contribution in [0.25, 0.3) is 0 Å². The summed E-state index contributed by atoms with van der Waals surface area (Å²) >= 11 is 0. The molecule has 6 nitrogen and oxygen atoms in total. The Morgan fingerprint density at radius 1 is 1.00 bits per heavy atom. The van der Waals surface area contributed by atoms with Crippen molar-refractivity contribution in [2.45, 2.75) is 56.5 Å². The number of hydrogen-bond donors (Lipinski definition) is 2. The first-order valence-corrected chi connectivity index (χ1v) is 11.0. The van der Waals surface area contributed by atoms with Crippen molar-refractivity contribution in [3.8, 4) is 6.07 Å². The molecule has 31 heavy (non-hydrogen) atoms. The van der Waals surface area contributed by atoms with Crippen LogP contribution < -0.4 is 10.6 Å². The number of carbonyl (C=O) groups excluding carboxylic acids is 2. The number of aromatic nitrogens is 1. The lowest BCUT2D eigenvalue weighted by Gasteiger charge is -2.62. The molecule has 158 valence electrons. The van der Waals surface area contributed by atoms with E-state index in [1.807, 2.05) is 19.1 Å². The molecule has 1 aromatic heterocycles. The van der Waals surface area contributed by atoms with Gasteiger partial charge in [-0.15, -0.1) is 0 Å². The first-order valence-electron chi connectivity index (χ1n) is 11.0. The molecule has 6 rings (SSSR count). The van der Waals surface area contributed by atoms with Gasteiger partial charge in [0.2, 0.25) is 0 Å². The molecule has 1 heterocycles. The Morgan fingerprint density at radius 2 is 1.65 bits per heavy atom. The second-order valence-electron chi connectivity index (χ2n) is 9.79. The number of amides is 2. The lowest BCUT2D eigenvalue weighted by molar-refractivity contribution is -0.0448. The van der Waals surface area contributed by atoms with E-state index < -0.39 is 0 Å². The largest absolute Gasteiger partial charge is 0.346 e. The molecular weight excluding hydrogens is 388 g/mol. The number of nitrogens with one attached hydrogen (secondary N) is 2. The smallest absolute Gasteiger partial charge is 0.270 e. The fourth-order valence-corrected chi connectivity index (χ4v) is 6.57. The summed E-state index contributed by atoms with van der Waals surface area (Å²) in [5, 5.41) is 15.8. The monoisotopic (exact) mass is 414 g/mol. The summed E-state index contributed by atoms with van der Waals surface area (Å²) in [6.45, 7) is 1.88. The first-order chi connectivity index (χ1) is 14.9. The van der Waals surface area contributed by atoms with E-state index in [0.29, 0.717) is 28.7 Å². The predicted molar refractivity (Wildman–Crippen MR) is 115 cm³/mol. The van der Waals surface area contributed by atoms with Gasteiger partial charge in [0.05, 0.1) is 11.6 Å². The normalized spacial score (nSPS) is 30.5. The number of pyridine rings is 1. The second kappa shape index (κ2) is 7.19. The lowest BCUT2D eigenvalue weighted by atomic mass is 9.49. The molecule has 0 aliphatic heterocycles. The van der Waals surface area contributed by atoms with Gasteiger partial charge in [-0.2, -0.15) is 5.26 Å². The van der Waals surface area contributed by atoms with Crippen LogP contribution in [0.4, 0.5) is 0 Å². The molecule has 4 fully saturated rings. The topological polar surface area (TPSA) is 94.9 Å². The average Bonchev–Trinajstić information content (AvgIpc) is 2.72. The molecule has 0 saturated heterocycles. The zero-order chi connectivity index (χ0) is 21.6. The van der Waals surface area contributed by atoms with Crippen molar-refractivity contribution in [1.29, 1.82) is 5.26 Å². The number of hydrogen-bond acceptors (Lipinski definition) is 4. The summed E-state index contributed by atoms with van der Waals surface area (Å²) in [7, 11) is 0. The van der Waals surface area contributed by atoms with Gasteiger partial charge in [0.15, 0.2) is 0 Å². The summed E-state index contributed by atoms with van der Waals surface area (Å²) in [5.41, 5.74) is 1.65. The molecule has 4 bridgehead atoms. The van der Waals surface area contributed by atoms with Crippen LogP contribution in [0, 0.1) is 30.1 Å². The van der Waals surface area contributed by atoms with Gasteiger partial charge in [-0.25, -0.2) is 4.98 Å². The van der Waals surface area contributed by atoms with Gasteiger partial charge in [-0.1, -0.05) is 12.1 Å². The van der Waals surface area contributed by atoms with Gasteiger partial charge >= 0.3 is 0 Å². The molecular formula is C25H26N4O2. The molecule has 6 heteroatoms. The molecule has 4 aliphatic rings. The number of rotatable bonds is 4. The number of aryl methyl sites for hydroxylation is 1. The summed E-state index contributed by atoms with van der Waals surface area (Å²) in [5.74, 6) is 0.727. The summed E-state index contributed by atoms with van der Waals surface area (Å²) in [4.78, 5) is 30.5. The van der Waals surface area contributed by atoms with Crippen molar-refractivity contribution >= 4 is 11.8 Å². The van der Waals surface area contributed by atoms with Gasteiger partial charge in [-0.05, 0) is 87.6 Å². The van der Waals surface area contributed by atoms with Crippen LogP contribution in [-0.2, 0) is 0 Å². The van der Waals surface area contributed by atoms with Crippen molar-refractivity contribution in [2.24, 2.45) is 11.8 Å². The van der Waals surface area contributed by atoms with Crippen molar-refractivity contribution < 1.29 is 9.59 Å². The molecule has 2 N–H and O–H groups in total. The van der Waals surface area contributed by atoms with E-state index in [9.17, 15) is 9.59 Å². The van der Waals surface area contributed by atoms with E-state index >= 15 is 0 Å². The zero-order valence-corrected chi connectivity index (χ0v) is 17.6. The third-order valence-electron chi connectivity index (χ3n) is 7.19. The lowest BCUT2D eigenvalue weighted by Crippen LogP contribution is -2.69. The molecule has 2 amide bonds. The van der Waals surface area contributed by atoms with E-state index in [1.54, 1.807) is 30.3 Å². The van der Waals surface area contributed by atoms with E-state index in [-0.39, 0.29) is 22.9 Å². The maximum absolute atomic E-state index is 13.1. The fraction of sp³-hybridized carbons (Fsp3) is 0.440. The highest BCUT2D eigenvalue weighted by Gasteiger charge is 2.58. The van der Waals surface area contributed by atoms with Crippen LogP contribution in [-0.4, -0.2) is 27.9 Å². The molecule has 2 aromatic rings. The maximum atomic E-state index is 13.1. The van der Waals surface area contributed by atoms with E-state index in [0.717, 1.165) is 37.8 Å². The molecule has 1 aromatic carbocycles. The zero-order valence-electron chi connectivity index (χ0n) is 17.6. The summed E-state index contributed by atoms with van der Waals surface area (Å²) in [6, 6.07) is 14.4. The Balaban J connectivity index is 1.38. The van der Waals surface area contributed by atoms with Crippen LogP contribution in [0.3, 0.4) is 0 Å². The Kier molecular flexibility index (Phi) is 4.58. The van der Waals surface area contributed by atoms with E-state index in [1.165, 1.54) is 6.42 Å². The van der Waals surface area contributed by atoms with E-state index in [4.69, 9.17) is 5.26 Å². The number of benzene rings is 1. The molecule has 4 aliphatic carbocycles. The van der Waals surface area contributed by atoms with Crippen molar-refractivity contribution in [3.05, 3.63) is 65.0 Å². The molecule has 2 unspecified atom stereocenters. The number of nitriles is 1. The van der Waals surface area contributed by atoms with Crippen LogP contribution in [0.5, 0.6) is 0 Å². The third-order valence-corrected chi connectivity index (χ3v) is 7.19. The SMILES string of the molecule is Cc1cccc(C(=O)NC23CC4CC(CC(NC(=O)c5cccc(C#N)c5)(C4)C2)C3)n1. The van der Waals surface area contributed by atoms with Gasteiger partial charge in [0, 0.05) is 22.3 Å². The Hall–Kier alpha value is -3.20. The highest BCUT2D eigenvalue weighted by molar-refractivity contribution is 5.95. The van der Waals surface area contributed by atoms with Gasteiger partial charge in [-0.3, -0.25) is 9.59 Å². The molecule has 0 radical (unpaired) electrons. The van der Waals surface area contributed by atoms with Gasteiger partial charge in [0.1, 0.15) is 5.69 Å². The highest BCUT2D eigenvalue weighted by Crippen LogP contribution is 2.57. The van der Waals surface area contributed by atoms with E-state index in [2.05, 4.69) is 21.7 Å². The molecule has 0 spiro atoms. The molecule has 4 saturated carbocycles. The van der Waals surface area contributed by atoms with Crippen molar-refractivity contribution in [2.75, 3.05) is 0 Å². The van der Waals surface area contributed by atoms with Crippen LogP contribution in [0.15, 0.2) is 42.5 Å². The van der Waals surface area contributed by atoms with Crippen LogP contribution in [0.1, 0.15) is 70.6 Å². The van der Waals surface area contributed by atoms with Crippen molar-refractivity contribution in [3.63, 3.8) is 0 Å². The Morgan fingerprint density at radius 3 is 2.29 bits per heavy atom. The predicted octanol–water partition coefficient (Wildman–Crippen LogP) is 3.51. The van der Waals surface area contributed by atoms with Crippen molar-refractivity contribution in [1.82, 2.24) is 15.6 Å². The Labute approximate surface area is 182 Å². The Bertz CT molecular complexity index is 1090. The first kappa shape index (κ1) is 19.7.